The molecular weight excluding hydrogens is 272 g/mol. The Morgan fingerprint density at radius 3 is 2.14 bits per heavy atom. The Bertz CT molecular complexity index is 405. The van der Waals surface area contributed by atoms with Gasteiger partial charge in [-0.05, 0) is 72.6 Å². The van der Waals surface area contributed by atoms with Gasteiger partial charge in [0.05, 0.1) is 6.61 Å². The van der Waals surface area contributed by atoms with E-state index < -0.39 is 0 Å². The highest BCUT2D eigenvalue weighted by atomic mass is 16.5. The molecule has 0 amide bonds. The summed E-state index contributed by atoms with van der Waals surface area (Å²) in [5.74, 6) is 0.386. The number of carbonyl (C=O) groups excluding carboxylic acids is 1. The Labute approximate surface area is 137 Å². The van der Waals surface area contributed by atoms with Crippen molar-refractivity contribution in [2.24, 2.45) is 5.92 Å². The van der Waals surface area contributed by atoms with E-state index >= 15 is 0 Å². The van der Waals surface area contributed by atoms with Crippen molar-refractivity contribution in [1.29, 1.82) is 0 Å². The third-order valence-electron chi connectivity index (χ3n) is 3.52. The van der Waals surface area contributed by atoms with Crippen LogP contribution in [-0.2, 0) is 9.53 Å². The van der Waals surface area contributed by atoms with Gasteiger partial charge in [-0.25, -0.2) is 4.79 Å². The van der Waals surface area contributed by atoms with Crippen LogP contribution >= 0.6 is 0 Å². The van der Waals surface area contributed by atoms with Crippen molar-refractivity contribution >= 4 is 5.97 Å². The van der Waals surface area contributed by atoms with Crippen molar-refractivity contribution in [3.8, 4) is 0 Å². The summed E-state index contributed by atoms with van der Waals surface area (Å²) in [5, 5.41) is 0. The smallest absolute Gasteiger partial charge is 0.330 e. The zero-order chi connectivity index (χ0) is 17.0. The average Bonchev–Trinajstić information content (AvgIpc) is 2.37. The van der Waals surface area contributed by atoms with Crippen LogP contribution in [0.15, 0.2) is 34.9 Å². The lowest BCUT2D eigenvalue weighted by Crippen LogP contribution is -2.07. The molecule has 0 rings (SSSR count). The Kier molecular flexibility index (Phi) is 11.5. The van der Waals surface area contributed by atoms with Gasteiger partial charge in [0.25, 0.3) is 0 Å². The summed E-state index contributed by atoms with van der Waals surface area (Å²) in [6.07, 6.45) is 11.2. The van der Waals surface area contributed by atoms with Crippen LogP contribution in [0.4, 0.5) is 0 Å². The normalized spacial score (nSPS) is 12.5. The predicted octanol–water partition coefficient (Wildman–Crippen LogP) is 5.99. The molecule has 0 aliphatic rings. The average molecular weight is 306 g/mol. The Hall–Kier alpha value is -1.31. The maximum atomic E-state index is 11.7. The van der Waals surface area contributed by atoms with Crippen molar-refractivity contribution in [2.75, 3.05) is 6.61 Å². The van der Waals surface area contributed by atoms with E-state index in [-0.39, 0.29) is 5.97 Å². The minimum Gasteiger partial charge on any atom is -0.463 e. The van der Waals surface area contributed by atoms with Gasteiger partial charge in [0, 0.05) is 6.08 Å². The molecule has 2 heteroatoms. The predicted molar refractivity (Wildman–Crippen MR) is 95.8 cm³/mol. The van der Waals surface area contributed by atoms with E-state index in [0.29, 0.717) is 12.5 Å². The van der Waals surface area contributed by atoms with Crippen molar-refractivity contribution in [2.45, 2.75) is 73.6 Å². The summed E-state index contributed by atoms with van der Waals surface area (Å²) in [7, 11) is 0. The van der Waals surface area contributed by atoms with Crippen molar-refractivity contribution < 1.29 is 9.53 Å². The second-order valence-corrected chi connectivity index (χ2v) is 6.73. The molecule has 0 aromatic carbocycles. The number of allylic oxidation sites excluding steroid dienone is 5. The van der Waals surface area contributed by atoms with Gasteiger partial charge in [-0.15, -0.1) is 0 Å². The van der Waals surface area contributed by atoms with E-state index in [1.165, 1.54) is 11.1 Å². The van der Waals surface area contributed by atoms with Gasteiger partial charge in [-0.3, -0.25) is 0 Å². The fourth-order valence-corrected chi connectivity index (χ4v) is 2.07. The summed E-state index contributed by atoms with van der Waals surface area (Å²) in [5.41, 5.74) is 3.77. The molecule has 22 heavy (non-hydrogen) atoms. The zero-order valence-corrected chi connectivity index (χ0v) is 15.4. The first-order chi connectivity index (χ1) is 10.3. The van der Waals surface area contributed by atoms with E-state index in [4.69, 9.17) is 4.74 Å². The third kappa shape index (κ3) is 13.7. The first-order valence-corrected chi connectivity index (χ1v) is 8.42. The van der Waals surface area contributed by atoms with Crippen LogP contribution in [0, 0.1) is 5.92 Å². The van der Waals surface area contributed by atoms with E-state index in [9.17, 15) is 4.79 Å². The standard InChI is InChI=1S/C20H34O2/c1-16(2)9-7-11-18(5)13-14-22-20(21)15-19(6)12-8-10-17(3)4/h9-10,15,18H,7-8,11-14H2,1-6H3/b19-15+/t18-/m1/s1. The fourth-order valence-electron chi connectivity index (χ4n) is 2.07. The van der Waals surface area contributed by atoms with Crippen molar-refractivity contribution in [3.05, 3.63) is 34.9 Å². The highest BCUT2D eigenvalue weighted by molar-refractivity contribution is 5.82. The molecule has 0 spiro atoms. The third-order valence-corrected chi connectivity index (χ3v) is 3.52. The topological polar surface area (TPSA) is 26.3 Å². The van der Waals surface area contributed by atoms with E-state index in [1.54, 1.807) is 6.08 Å². The maximum absolute atomic E-state index is 11.7. The number of carbonyl (C=O) groups is 1. The minimum atomic E-state index is -0.203. The highest BCUT2D eigenvalue weighted by Gasteiger charge is 2.04. The largest absolute Gasteiger partial charge is 0.463 e. The van der Waals surface area contributed by atoms with Crippen LogP contribution in [-0.4, -0.2) is 12.6 Å². The molecule has 0 heterocycles. The molecular formula is C20H34O2. The number of esters is 1. The molecule has 0 aliphatic heterocycles. The van der Waals surface area contributed by atoms with Crippen LogP contribution in [0.25, 0.3) is 0 Å². The molecule has 0 bridgehead atoms. The maximum Gasteiger partial charge on any atom is 0.330 e. The monoisotopic (exact) mass is 306 g/mol. The second-order valence-electron chi connectivity index (χ2n) is 6.73. The number of hydrogen-bond acceptors (Lipinski definition) is 2. The van der Waals surface area contributed by atoms with E-state index in [0.717, 1.165) is 37.7 Å². The molecule has 0 fully saturated rings. The number of rotatable bonds is 10. The molecule has 0 aliphatic carbocycles. The van der Waals surface area contributed by atoms with Crippen LogP contribution in [0.2, 0.25) is 0 Å². The van der Waals surface area contributed by atoms with E-state index in [1.807, 2.05) is 6.92 Å². The molecule has 0 unspecified atom stereocenters. The van der Waals surface area contributed by atoms with Gasteiger partial charge in [0.15, 0.2) is 0 Å². The van der Waals surface area contributed by atoms with Crippen molar-refractivity contribution in [1.82, 2.24) is 0 Å². The van der Waals surface area contributed by atoms with Crippen LogP contribution in [0.1, 0.15) is 73.6 Å². The van der Waals surface area contributed by atoms with Crippen molar-refractivity contribution in [3.63, 3.8) is 0 Å². The van der Waals surface area contributed by atoms with E-state index in [2.05, 4.69) is 46.8 Å². The lowest BCUT2D eigenvalue weighted by atomic mass is 10.0. The van der Waals surface area contributed by atoms with Crippen LogP contribution in [0.5, 0.6) is 0 Å². The molecule has 0 saturated heterocycles. The quantitative estimate of drug-likeness (QED) is 0.281. The van der Waals surface area contributed by atoms with Gasteiger partial charge < -0.3 is 4.74 Å². The van der Waals surface area contributed by atoms with Crippen LogP contribution < -0.4 is 0 Å². The lowest BCUT2D eigenvalue weighted by Gasteiger charge is -2.10. The summed E-state index contributed by atoms with van der Waals surface area (Å²) >= 11 is 0. The Morgan fingerprint density at radius 1 is 0.955 bits per heavy atom. The molecule has 1 atom stereocenters. The number of ether oxygens (including phenoxy) is 1. The molecule has 2 nitrogen and oxygen atoms in total. The lowest BCUT2D eigenvalue weighted by molar-refractivity contribution is -0.138. The van der Waals surface area contributed by atoms with Gasteiger partial charge in [0.2, 0.25) is 0 Å². The highest BCUT2D eigenvalue weighted by Crippen LogP contribution is 2.12. The summed E-state index contributed by atoms with van der Waals surface area (Å²) < 4.78 is 5.29. The van der Waals surface area contributed by atoms with Crippen LogP contribution in [0.3, 0.4) is 0 Å². The van der Waals surface area contributed by atoms with Gasteiger partial charge in [0.1, 0.15) is 0 Å². The second kappa shape index (κ2) is 12.3. The number of hydrogen-bond donors (Lipinski definition) is 0. The van der Waals surface area contributed by atoms with Gasteiger partial charge in [-0.1, -0.05) is 35.8 Å². The summed E-state index contributed by atoms with van der Waals surface area (Å²) in [6.45, 7) is 13.2. The summed E-state index contributed by atoms with van der Waals surface area (Å²) in [4.78, 5) is 11.7. The first kappa shape index (κ1) is 20.7. The Balaban J connectivity index is 3.88. The molecule has 0 aromatic rings. The SMILES string of the molecule is CC(C)=CCC/C(C)=C/C(=O)OCC[C@H](C)CCC=C(C)C. The molecule has 0 radical (unpaired) electrons. The molecule has 0 N–H and O–H groups in total. The van der Waals surface area contributed by atoms with Gasteiger partial charge >= 0.3 is 5.97 Å². The zero-order valence-electron chi connectivity index (χ0n) is 15.4. The Morgan fingerprint density at radius 2 is 1.55 bits per heavy atom. The fraction of sp³-hybridized carbons (Fsp3) is 0.650. The molecule has 126 valence electrons. The molecule has 0 saturated carbocycles. The first-order valence-electron chi connectivity index (χ1n) is 8.42. The summed E-state index contributed by atoms with van der Waals surface area (Å²) in [6, 6.07) is 0. The minimum absolute atomic E-state index is 0.203. The van der Waals surface area contributed by atoms with Gasteiger partial charge in [-0.2, -0.15) is 0 Å². The molecule has 0 aromatic heterocycles.